The van der Waals surface area contributed by atoms with Crippen LogP contribution in [0.4, 0.5) is 15.8 Å². The monoisotopic (exact) mass is 372 g/mol. The first kappa shape index (κ1) is 18.2. The molecule has 1 N–H and O–H groups in total. The van der Waals surface area contributed by atoms with E-state index in [1.54, 1.807) is 29.9 Å². The summed E-state index contributed by atoms with van der Waals surface area (Å²) >= 11 is 0. The Kier molecular flexibility index (Phi) is 5.25. The van der Waals surface area contributed by atoms with E-state index in [9.17, 15) is 19.3 Å². The first-order valence-corrected chi connectivity index (χ1v) is 8.16. The summed E-state index contributed by atoms with van der Waals surface area (Å²) in [4.78, 5) is 22.4. The van der Waals surface area contributed by atoms with Crippen LogP contribution in [0.1, 0.15) is 17.7 Å². The Hall–Kier alpha value is -3.56. The minimum atomic E-state index is -0.506. The molecule has 0 radical (unpaired) electrons. The molecule has 2 heterocycles. The molecule has 140 valence electrons. The molecule has 0 atom stereocenters. The molecule has 10 heteroatoms. The number of nitro groups is 1. The summed E-state index contributed by atoms with van der Waals surface area (Å²) in [7, 11) is 0. The Balaban J connectivity index is 1.52. The predicted molar refractivity (Wildman–Crippen MR) is 94.6 cm³/mol. The van der Waals surface area contributed by atoms with E-state index in [-0.39, 0.29) is 30.4 Å². The van der Waals surface area contributed by atoms with E-state index in [0.29, 0.717) is 17.9 Å². The van der Waals surface area contributed by atoms with Gasteiger partial charge >= 0.3 is 5.69 Å². The van der Waals surface area contributed by atoms with Crippen LogP contribution in [0.2, 0.25) is 0 Å². The van der Waals surface area contributed by atoms with Crippen LogP contribution in [-0.4, -0.2) is 30.4 Å². The van der Waals surface area contributed by atoms with Crippen LogP contribution in [0.3, 0.4) is 0 Å². The fraction of sp³-hybridized carbons (Fsp3) is 0.235. The van der Waals surface area contributed by atoms with Crippen LogP contribution >= 0.6 is 0 Å². The number of anilines is 1. The molecule has 0 bridgehead atoms. The van der Waals surface area contributed by atoms with Crippen molar-refractivity contribution in [2.75, 3.05) is 5.32 Å². The zero-order valence-corrected chi connectivity index (χ0v) is 14.5. The number of nitrogens with one attached hydrogen (secondary N) is 1. The zero-order chi connectivity index (χ0) is 19.4. The summed E-state index contributed by atoms with van der Waals surface area (Å²) in [6.07, 6.45) is 4.61. The van der Waals surface area contributed by atoms with Gasteiger partial charge in [-0.3, -0.25) is 24.3 Å². The fourth-order valence-electron chi connectivity index (χ4n) is 2.53. The Morgan fingerprint density at radius 2 is 2.00 bits per heavy atom. The maximum absolute atomic E-state index is 12.9. The lowest BCUT2D eigenvalue weighted by molar-refractivity contribution is -0.385. The topological polar surface area (TPSA) is 108 Å². The standard InChI is InChI=1S/C17H17FN6O3/c1-12-16(24(26)27)11-22(21-12)7-6-17(25)20-15-8-19-23(10-15)9-13-2-4-14(18)5-3-13/h2-5,8,10-11H,6-7,9H2,1H3,(H,20,25). The number of rotatable bonds is 7. The SMILES string of the molecule is Cc1nn(CCC(=O)Nc2cnn(Cc3ccc(F)cc3)c2)cc1[N+](=O)[O-]. The van der Waals surface area contributed by atoms with Crippen LogP contribution < -0.4 is 5.32 Å². The fourth-order valence-corrected chi connectivity index (χ4v) is 2.53. The van der Waals surface area contributed by atoms with Gasteiger partial charge in [0, 0.05) is 19.2 Å². The summed E-state index contributed by atoms with van der Waals surface area (Å²) in [5.41, 5.74) is 1.65. The number of hydrogen-bond acceptors (Lipinski definition) is 5. The van der Waals surface area contributed by atoms with Crippen LogP contribution in [0.15, 0.2) is 42.9 Å². The molecular formula is C17H17FN6O3. The van der Waals surface area contributed by atoms with Crippen LogP contribution in [0.25, 0.3) is 0 Å². The van der Waals surface area contributed by atoms with Crippen LogP contribution in [-0.2, 0) is 17.9 Å². The summed E-state index contributed by atoms with van der Waals surface area (Å²) in [5.74, 6) is -0.558. The van der Waals surface area contributed by atoms with E-state index in [1.165, 1.54) is 29.2 Å². The van der Waals surface area contributed by atoms with Gasteiger partial charge in [-0.1, -0.05) is 12.1 Å². The molecule has 1 aromatic carbocycles. The molecule has 0 saturated carbocycles. The number of carbonyl (C=O) groups is 1. The summed E-state index contributed by atoms with van der Waals surface area (Å²) in [6, 6.07) is 6.09. The maximum Gasteiger partial charge on any atom is 0.309 e. The highest BCUT2D eigenvalue weighted by molar-refractivity contribution is 5.90. The molecule has 3 rings (SSSR count). The minimum Gasteiger partial charge on any atom is -0.323 e. The zero-order valence-electron chi connectivity index (χ0n) is 14.5. The molecule has 0 aliphatic rings. The van der Waals surface area contributed by atoms with Crippen LogP contribution in [0.5, 0.6) is 0 Å². The third kappa shape index (κ3) is 4.75. The highest BCUT2D eigenvalue weighted by atomic mass is 19.1. The smallest absolute Gasteiger partial charge is 0.309 e. The van der Waals surface area contributed by atoms with E-state index in [1.807, 2.05) is 0 Å². The number of aromatic nitrogens is 4. The Morgan fingerprint density at radius 1 is 1.26 bits per heavy atom. The highest BCUT2D eigenvalue weighted by Gasteiger charge is 2.15. The average molecular weight is 372 g/mol. The summed E-state index contributed by atoms with van der Waals surface area (Å²) in [5, 5.41) is 21.7. The number of halogens is 1. The molecule has 9 nitrogen and oxygen atoms in total. The Labute approximate surface area is 153 Å². The van der Waals surface area contributed by atoms with Gasteiger partial charge in [0.1, 0.15) is 17.7 Å². The Bertz CT molecular complexity index is 963. The van der Waals surface area contributed by atoms with Crippen molar-refractivity contribution in [3.8, 4) is 0 Å². The van der Waals surface area contributed by atoms with Gasteiger partial charge in [-0.15, -0.1) is 0 Å². The van der Waals surface area contributed by atoms with Gasteiger partial charge in [0.05, 0.1) is 23.4 Å². The number of amides is 1. The number of nitrogens with zero attached hydrogens (tertiary/aromatic N) is 5. The van der Waals surface area contributed by atoms with E-state index in [4.69, 9.17) is 0 Å². The molecule has 0 saturated heterocycles. The van der Waals surface area contributed by atoms with Crippen molar-refractivity contribution in [1.29, 1.82) is 0 Å². The quantitative estimate of drug-likeness (QED) is 0.506. The van der Waals surface area contributed by atoms with Gasteiger partial charge in [-0.2, -0.15) is 10.2 Å². The minimum absolute atomic E-state index is 0.0718. The van der Waals surface area contributed by atoms with Crippen molar-refractivity contribution >= 4 is 17.3 Å². The van der Waals surface area contributed by atoms with Crippen molar-refractivity contribution in [3.63, 3.8) is 0 Å². The molecule has 1 amide bonds. The van der Waals surface area contributed by atoms with Crippen molar-refractivity contribution in [3.05, 3.63) is 70.0 Å². The Morgan fingerprint density at radius 3 is 2.67 bits per heavy atom. The number of aryl methyl sites for hydroxylation is 2. The van der Waals surface area contributed by atoms with Gasteiger partial charge < -0.3 is 5.32 Å². The summed E-state index contributed by atoms with van der Waals surface area (Å²) in [6.45, 7) is 2.22. The highest BCUT2D eigenvalue weighted by Crippen LogP contribution is 2.15. The third-order valence-corrected chi connectivity index (χ3v) is 3.86. The molecule has 0 unspecified atom stereocenters. The molecular weight excluding hydrogens is 355 g/mol. The van der Waals surface area contributed by atoms with Crippen LogP contribution in [0, 0.1) is 22.9 Å². The van der Waals surface area contributed by atoms with E-state index in [2.05, 4.69) is 15.5 Å². The molecule has 0 spiro atoms. The lowest BCUT2D eigenvalue weighted by atomic mass is 10.2. The lowest BCUT2D eigenvalue weighted by Crippen LogP contribution is -2.14. The van der Waals surface area contributed by atoms with Crippen molar-refractivity contribution in [2.45, 2.75) is 26.4 Å². The van der Waals surface area contributed by atoms with E-state index >= 15 is 0 Å². The first-order chi connectivity index (χ1) is 12.9. The van der Waals surface area contributed by atoms with Crippen molar-refractivity contribution in [2.24, 2.45) is 0 Å². The maximum atomic E-state index is 12.9. The summed E-state index contributed by atoms with van der Waals surface area (Å²) < 4.78 is 15.9. The predicted octanol–water partition coefficient (Wildman–Crippen LogP) is 2.51. The first-order valence-electron chi connectivity index (χ1n) is 8.16. The normalized spacial score (nSPS) is 10.7. The van der Waals surface area contributed by atoms with Gasteiger partial charge in [0.2, 0.25) is 5.91 Å². The number of benzene rings is 1. The lowest BCUT2D eigenvalue weighted by Gasteiger charge is -2.03. The average Bonchev–Trinajstić information content (AvgIpc) is 3.21. The second-order valence-electron chi connectivity index (χ2n) is 5.97. The number of carbonyl (C=O) groups excluding carboxylic acids is 1. The van der Waals surface area contributed by atoms with E-state index < -0.39 is 4.92 Å². The molecule has 27 heavy (non-hydrogen) atoms. The third-order valence-electron chi connectivity index (χ3n) is 3.86. The molecule has 0 fully saturated rings. The van der Waals surface area contributed by atoms with E-state index in [0.717, 1.165) is 5.56 Å². The largest absolute Gasteiger partial charge is 0.323 e. The molecule has 0 aliphatic heterocycles. The van der Waals surface area contributed by atoms with Crippen molar-refractivity contribution < 1.29 is 14.1 Å². The van der Waals surface area contributed by atoms with Gasteiger partial charge in [-0.05, 0) is 24.6 Å². The van der Waals surface area contributed by atoms with Gasteiger partial charge in [0.15, 0.2) is 0 Å². The van der Waals surface area contributed by atoms with Gasteiger partial charge in [-0.25, -0.2) is 4.39 Å². The second-order valence-corrected chi connectivity index (χ2v) is 5.97. The van der Waals surface area contributed by atoms with Gasteiger partial charge in [0.25, 0.3) is 0 Å². The molecule has 2 aromatic heterocycles. The second kappa shape index (κ2) is 7.77. The molecule has 3 aromatic rings. The number of hydrogen-bond donors (Lipinski definition) is 1. The molecule has 0 aliphatic carbocycles. The van der Waals surface area contributed by atoms with Crippen molar-refractivity contribution in [1.82, 2.24) is 19.6 Å².